The maximum Gasteiger partial charge on any atom is 0.191 e. The van der Waals surface area contributed by atoms with Crippen LogP contribution in [-0.2, 0) is 6.54 Å². The summed E-state index contributed by atoms with van der Waals surface area (Å²) in [6.45, 7) is 3.42. The van der Waals surface area contributed by atoms with Crippen molar-refractivity contribution in [3.63, 3.8) is 0 Å². The number of aliphatic imine (C=N–C) groups is 1. The highest BCUT2D eigenvalue weighted by atomic mass is 32.1. The lowest BCUT2D eigenvalue weighted by Crippen LogP contribution is -2.45. The lowest BCUT2D eigenvalue weighted by atomic mass is 9.93. The van der Waals surface area contributed by atoms with Crippen molar-refractivity contribution in [2.75, 3.05) is 13.7 Å². The zero-order valence-electron chi connectivity index (χ0n) is 15.9. The van der Waals surface area contributed by atoms with Crippen LogP contribution in [0.3, 0.4) is 0 Å². The third-order valence-corrected chi connectivity index (χ3v) is 5.61. The number of ether oxygens (including phenoxy) is 1. The number of nitrogens with zero attached hydrogens (tertiary/aromatic N) is 2. The number of aliphatic hydroxyl groups is 1. The minimum atomic E-state index is -0.144. The third kappa shape index (κ3) is 5.68. The van der Waals surface area contributed by atoms with Crippen LogP contribution in [0, 0.1) is 0 Å². The van der Waals surface area contributed by atoms with Crippen molar-refractivity contribution < 1.29 is 9.84 Å². The second kappa shape index (κ2) is 9.71. The Labute approximate surface area is 164 Å². The van der Waals surface area contributed by atoms with Crippen LogP contribution >= 0.6 is 11.3 Å². The number of rotatable bonds is 6. The number of hydrogen-bond acceptors (Lipinski definition) is 5. The van der Waals surface area contributed by atoms with Crippen molar-refractivity contribution >= 4 is 17.3 Å². The van der Waals surface area contributed by atoms with Crippen LogP contribution in [0.5, 0.6) is 5.75 Å². The van der Waals surface area contributed by atoms with Crippen molar-refractivity contribution in [2.24, 2.45) is 4.99 Å². The molecule has 6 nitrogen and oxygen atoms in total. The van der Waals surface area contributed by atoms with Crippen molar-refractivity contribution in [3.8, 4) is 16.3 Å². The van der Waals surface area contributed by atoms with Crippen LogP contribution in [0.4, 0.5) is 0 Å². The molecule has 0 amide bonds. The number of thiazole rings is 1. The summed E-state index contributed by atoms with van der Waals surface area (Å²) < 4.78 is 5.20. The summed E-state index contributed by atoms with van der Waals surface area (Å²) >= 11 is 1.63. The molecular formula is C20H28N4O2S. The topological polar surface area (TPSA) is 78.8 Å². The molecule has 7 heteroatoms. The number of guanidine groups is 1. The maximum absolute atomic E-state index is 9.65. The van der Waals surface area contributed by atoms with Gasteiger partial charge in [0.15, 0.2) is 5.96 Å². The second-order valence-corrected chi connectivity index (χ2v) is 7.58. The first-order chi connectivity index (χ1) is 13.2. The fourth-order valence-electron chi connectivity index (χ4n) is 3.14. The molecule has 0 saturated heterocycles. The Bertz CT molecular complexity index is 737. The quantitative estimate of drug-likeness (QED) is 0.523. The largest absolute Gasteiger partial charge is 0.497 e. The highest BCUT2D eigenvalue weighted by molar-refractivity contribution is 7.13. The molecule has 0 radical (unpaired) electrons. The van der Waals surface area contributed by atoms with Crippen molar-refractivity contribution in [1.29, 1.82) is 0 Å². The summed E-state index contributed by atoms with van der Waals surface area (Å²) in [7, 11) is 1.67. The van der Waals surface area contributed by atoms with Crippen LogP contribution in [-0.4, -0.2) is 41.9 Å². The molecule has 2 aromatic rings. The van der Waals surface area contributed by atoms with Crippen molar-refractivity contribution in [1.82, 2.24) is 15.6 Å². The summed E-state index contributed by atoms with van der Waals surface area (Å²) in [6, 6.07) is 8.31. The van der Waals surface area contributed by atoms with Gasteiger partial charge in [-0.3, -0.25) is 0 Å². The molecule has 27 heavy (non-hydrogen) atoms. The van der Waals surface area contributed by atoms with E-state index in [2.05, 4.69) is 27.9 Å². The SMILES string of the molecule is CCNC(=NCc1csc(-c2ccc(OC)cc2)n1)NC1CCC(O)CC1. The number of methoxy groups -OCH3 is 1. The summed E-state index contributed by atoms with van der Waals surface area (Å²) in [5, 5.41) is 19.5. The third-order valence-electron chi connectivity index (χ3n) is 4.67. The van der Waals surface area contributed by atoms with Crippen molar-refractivity contribution in [2.45, 2.75) is 51.3 Å². The Kier molecular flexibility index (Phi) is 7.06. The number of benzene rings is 1. The molecule has 1 heterocycles. The van der Waals surface area contributed by atoms with Gasteiger partial charge >= 0.3 is 0 Å². The van der Waals surface area contributed by atoms with E-state index in [1.165, 1.54) is 0 Å². The molecule has 1 aromatic heterocycles. The second-order valence-electron chi connectivity index (χ2n) is 6.72. The van der Waals surface area contributed by atoms with E-state index in [1.807, 2.05) is 24.3 Å². The van der Waals surface area contributed by atoms with Gasteiger partial charge in [0, 0.05) is 23.5 Å². The highest BCUT2D eigenvalue weighted by Gasteiger charge is 2.20. The van der Waals surface area contributed by atoms with Gasteiger partial charge in [0.1, 0.15) is 10.8 Å². The molecule has 3 N–H and O–H groups in total. The molecule has 0 unspecified atom stereocenters. The molecule has 0 aliphatic heterocycles. The van der Waals surface area contributed by atoms with E-state index in [0.29, 0.717) is 12.6 Å². The predicted molar refractivity (Wildman–Crippen MR) is 110 cm³/mol. The average Bonchev–Trinajstić information content (AvgIpc) is 3.17. The fraction of sp³-hybridized carbons (Fsp3) is 0.500. The van der Waals surface area contributed by atoms with E-state index < -0.39 is 0 Å². The molecule has 1 aliphatic carbocycles. The summed E-state index contributed by atoms with van der Waals surface area (Å²) in [5.41, 5.74) is 2.05. The molecule has 1 aromatic carbocycles. The fourth-order valence-corrected chi connectivity index (χ4v) is 3.96. The molecule has 0 spiro atoms. The van der Waals surface area contributed by atoms with Crippen LogP contribution in [0.15, 0.2) is 34.6 Å². The first-order valence-corrected chi connectivity index (χ1v) is 10.4. The molecule has 1 aliphatic rings. The predicted octanol–water partition coefficient (Wildman–Crippen LogP) is 3.18. The van der Waals surface area contributed by atoms with Gasteiger partial charge in [-0.05, 0) is 56.9 Å². The van der Waals surface area contributed by atoms with Gasteiger partial charge in [0.05, 0.1) is 25.5 Å². The highest BCUT2D eigenvalue weighted by Crippen LogP contribution is 2.26. The molecule has 0 atom stereocenters. The van der Waals surface area contributed by atoms with E-state index in [-0.39, 0.29) is 6.10 Å². The average molecular weight is 389 g/mol. The number of nitrogens with one attached hydrogen (secondary N) is 2. The Hall–Kier alpha value is -2.12. The number of aliphatic hydroxyl groups excluding tert-OH is 1. The normalized spacial score (nSPS) is 20.3. The number of aromatic nitrogens is 1. The van der Waals surface area contributed by atoms with Gasteiger partial charge in [-0.25, -0.2) is 9.98 Å². The summed E-state index contributed by atoms with van der Waals surface area (Å²) in [5.74, 6) is 1.66. The maximum atomic E-state index is 9.65. The van der Waals surface area contributed by atoms with Gasteiger partial charge < -0.3 is 20.5 Å². The van der Waals surface area contributed by atoms with E-state index >= 15 is 0 Å². The summed E-state index contributed by atoms with van der Waals surface area (Å²) in [4.78, 5) is 9.39. The lowest BCUT2D eigenvalue weighted by Gasteiger charge is -2.27. The molecule has 0 bridgehead atoms. The van der Waals surface area contributed by atoms with Gasteiger partial charge in [-0.1, -0.05) is 0 Å². The van der Waals surface area contributed by atoms with Gasteiger partial charge in [-0.2, -0.15) is 0 Å². The van der Waals surface area contributed by atoms with E-state index in [0.717, 1.165) is 60.2 Å². The molecule has 1 saturated carbocycles. The number of hydrogen-bond donors (Lipinski definition) is 3. The zero-order valence-corrected chi connectivity index (χ0v) is 16.8. The van der Waals surface area contributed by atoms with Crippen LogP contribution < -0.4 is 15.4 Å². The zero-order chi connectivity index (χ0) is 19.1. The molecule has 3 rings (SSSR count). The standard InChI is InChI=1S/C20H28N4O2S/c1-3-21-20(24-15-6-8-17(25)9-7-15)22-12-16-13-27-19(23-16)14-4-10-18(26-2)11-5-14/h4-5,10-11,13,15,17,25H,3,6-9,12H2,1-2H3,(H2,21,22,24). The molecule has 1 fully saturated rings. The lowest BCUT2D eigenvalue weighted by molar-refractivity contribution is 0.120. The first-order valence-electron chi connectivity index (χ1n) is 9.49. The molecule has 146 valence electrons. The smallest absolute Gasteiger partial charge is 0.191 e. The monoisotopic (exact) mass is 388 g/mol. The van der Waals surface area contributed by atoms with Gasteiger partial charge in [0.25, 0.3) is 0 Å². The Morgan fingerprint density at radius 2 is 2.00 bits per heavy atom. The Balaban J connectivity index is 1.61. The van der Waals surface area contributed by atoms with E-state index in [4.69, 9.17) is 9.72 Å². The minimum absolute atomic E-state index is 0.144. The van der Waals surface area contributed by atoms with E-state index in [9.17, 15) is 5.11 Å². The molecular weight excluding hydrogens is 360 g/mol. The van der Waals surface area contributed by atoms with Crippen LogP contribution in [0.1, 0.15) is 38.3 Å². The van der Waals surface area contributed by atoms with Crippen LogP contribution in [0.25, 0.3) is 10.6 Å². The van der Waals surface area contributed by atoms with Crippen LogP contribution in [0.2, 0.25) is 0 Å². The van der Waals surface area contributed by atoms with Gasteiger partial charge in [0.2, 0.25) is 0 Å². The summed E-state index contributed by atoms with van der Waals surface area (Å²) in [6.07, 6.45) is 3.52. The van der Waals surface area contributed by atoms with Gasteiger partial charge in [-0.15, -0.1) is 11.3 Å². The minimum Gasteiger partial charge on any atom is -0.497 e. The van der Waals surface area contributed by atoms with Crippen molar-refractivity contribution in [3.05, 3.63) is 35.3 Å². The Morgan fingerprint density at radius 3 is 2.67 bits per heavy atom. The Morgan fingerprint density at radius 1 is 1.26 bits per heavy atom. The first kappa shape index (κ1) is 19.6. The van der Waals surface area contributed by atoms with E-state index in [1.54, 1.807) is 18.4 Å².